The summed E-state index contributed by atoms with van der Waals surface area (Å²) in [6.07, 6.45) is 6.06. The Bertz CT molecular complexity index is 250. The lowest BCUT2D eigenvalue weighted by molar-refractivity contribution is -0.144. The SMILES string of the molecule is CCCCCC(CC(=O)O)CC(CCC)C(=O)O. The van der Waals surface area contributed by atoms with Crippen molar-refractivity contribution in [3.05, 3.63) is 0 Å². The highest BCUT2D eigenvalue weighted by atomic mass is 16.4. The summed E-state index contributed by atoms with van der Waals surface area (Å²) < 4.78 is 0. The van der Waals surface area contributed by atoms with E-state index in [2.05, 4.69) is 6.92 Å². The van der Waals surface area contributed by atoms with Gasteiger partial charge in [-0.3, -0.25) is 9.59 Å². The van der Waals surface area contributed by atoms with Crippen LogP contribution in [0.4, 0.5) is 0 Å². The molecule has 0 aliphatic heterocycles. The number of rotatable bonds is 11. The van der Waals surface area contributed by atoms with E-state index in [1.807, 2.05) is 6.92 Å². The van der Waals surface area contributed by atoms with Crippen LogP contribution < -0.4 is 0 Å². The molecule has 0 spiro atoms. The molecule has 0 amide bonds. The Morgan fingerprint density at radius 2 is 1.67 bits per heavy atom. The summed E-state index contributed by atoms with van der Waals surface area (Å²) in [7, 11) is 0. The molecule has 4 heteroatoms. The molecule has 0 radical (unpaired) electrons. The molecule has 0 aromatic rings. The maximum absolute atomic E-state index is 11.1. The highest BCUT2D eigenvalue weighted by Crippen LogP contribution is 2.25. The Morgan fingerprint density at radius 1 is 1.00 bits per heavy atom. The van der Waals surface area contributed by atoms with E-state index in [4.69, 9.17) is 10.2 Å². The summed E-state index contributed by atoms with van der Waals surface area (Å²) in [5.41, 5.74) is 0. The number of carboxylic acid groups (broad SMARTS) is 2. The Labute approximate surface area is 109 Å². The summed E-state index contributed by atoms with van der Waals surface area (Å²) in [5, 5.41) is 18.0. The maximum Gasteiger partial charge on any atom is 0.306 e. The zero-order chi connectivity index (χ0) is 14.0. The molecule has 0 aliphatic carbocycles. The minimum Gasteiger partial charge on any atom is -0.481 e. The highest BCUT2D eigenvalue weighted by Gasteiger charge is 2.23. The fourth-order valence-electron chi connectivity index (χ4n) is 2.33. The monoisotopic (exact) mass is 258 g/mol. The van der Waals surface area contributed by atoms with Crippen molar-refractivity contribution in [2.24, 2.45) is 11.8 Å². The number of carboxylic acids is 2. The topological polar surface area (TPSA) is 74.6 Å². The van der Waals surface area contributed by atoms with Gasteiger partial charge in [0.1, 0.15) is 0 Å². The minimum atomic E-state index is -0.822. The molecule has 2 atom stereocenters. The van der Waals surface area contributed by atoms with Gasteiger partial charge in [-0.25, -0.2) is 0 Å². The lowest BCUT2D eigenvalue weighted by Crippen LogP contribution is -2.19. The third-order valence-electron chi connectivity index (χ3n) is 3.28. The van der Waals surface area contributed by atoms with E-state index in [0.717, 1.165) is 32.1 Å². The molecule has 0 saturated heterocycles. The van der Waals surface area contributed by atoms with E-state index < -0.39 is 11.9 Å². The van der Waals surface area contributed by atoms with Crippen molar-refractivity contribution >= 4 is 11.9 Å². The zero-order valence-electron chi connectivity index (χ0n) is 11.5. The molecule has 0 aliphatic rings. The first kappa shape index (κ1) is 16.9. The van der Waals surface area contributed by atoms with E-state index in [-0.39, 0.29) is 18.3 Å². The van der Waals surface area contributed by atoms with Crippen LogP contribution in [0.1, 0.15) is 65.2 Å². The Morgan fingerprint density at radius 3 is 2.11 bits per heavy atom. The maximum atomic E-state index is 11.1. The first-order valence-corrected chi connectivity index (χ1v) is 6.95. The van der Waals surface area contributed by atoms with Crippen LogP contribution in [-0.2, 0) is 9.59 Å². The van der Waals surface area contributed by atoms with E-state index in [9.17, 15) is 9.59 Å². The Hall–Kier alpha value is -1.06. The van der Waals surface area contributed by atoms with Crippen LogP contribution in [0.5, 0.6) is 0 Å². The lowest BCUT2D eigenvalue weighted by Gasteiger charge is -2.19. The number of carbonyl (C=O) groups is 2. The fourth-order valence-corrected chi connectivity index (χ4v) is 2.33. The predicted molar refractivity (Wildman–Crippen MR) is 70.5 cm³/mol. The standard InChI is InChI=1S/C14H26O4/c1-3-5-6-8-11(10-13(15)16)9-12(7-4-2)14(17)18/h11-12H,3-10H2,1-2H3,(H,15,16)(H,17,18). The normalized spacial score (nSPS) is 14.1. The second kappa shape index (κ2) is 9.92. The largest absolute Gasteiger partial charge is 0.481 e. The average molecular weight is 258 g/mol. The summed E-state index contributed by atoms with van der Waals surface area (Å²) >= 11 is 0. The molecule has 0 rings (SSSR count). The van der Waals surface area contributed by atoms with Crippen molar-refractivity contribution in [3.8, 4) is 0 Å². The van der Waals surface area contributed by atoms with Crippen molar-refractivity contribution in [2.75, 3.05) is 0 Å². The van der Waals surface area contributed by atoms with Gasteiger partial charge in [-0.2, -0.15) is 0 Å². The smallest absolute Gasteiger partial charge is 0.306 e. The molecule has 0 heterocycles. The zero-order valence-corrected chi connectivity index (χ0v) is 11.5. The minimum absolute atomic E-state index is 0.00157. The Kier molecular flexibility index (Phi) is 9.33. The van der Waals surface area contributed by atoms with Gasteiger partial charge in [-0.05, 0) is 25.2 Å². The van der Waals surface area contributed by atoms with Crippen molar-refractivity contribution in [2.45, 2.75) is 65.2 Å². The quantitative estimate of drug-likeness (QED) is 0.556. The predicted octanol–water partition coefficient (Wildman–Crippen LogP) is 3.55. The van der Waals surface area contributed by atoms with E-state index >= 15 is 0 Å². The molecular formula is C14H26O4. The molecular weight excluding hydrogens is 232 g/mol. The van der Waals surface area contributed by atoms with Gasteiger partial charge in [0.2, 0.25) is 0 Å². The van der Waals surface area contributed by atoms with Gasteiger partial charge in [0, 0.05) is 6.42 Å². The van der Waals surface area contributed by atoms with Crippen LogP contribution in [0.25, 0.3) is 0 Å². The van der Waals surface area contributed by atoms with Gasteiger partial charge >= 0.3 is 11.9 Å². The third kappa shape index (κ3) is 8.09. The molecule has 106 valence electrons. The summed E-state index contributed by atoms with van der Waals surface area (Å²) in [5.74, 6) is -2.00. The van der Waals surface area contributed by atoms with Crippen LogP contribution >= 0.6 is 0 Å². The molecule has 18 heavy (non-hydrogen) atoms. The molecule has 0 aromatic heterocycles. The highest BCUT2D eigenvalue weighted by molar-refractivity contribution is 5.70. The van der Waals surface area contributed by atoms with Crippen LogP contribution in [0.3, 0.4) is 0 Å². The van der Waals surface area contributed by atoms with Crippen molar-refractivity contribution in [1.82, 2.24) is 0 Å². The van der Waals surface area contributed by atoms with Gasteiger partial charge in [0.15, 0.2) is 0 Å². The molecule has 0 saturated carbocycles. The number of hydrogen-bond donors (Lipinski definition) is 2. The molecule has 2 unspecified atom stereocenters. The second-order valence-electron chi connectivity index (χ2n) is 5.02. The van der Waals surface area contributed by atoms with Gasteiger partial charge in [0.05, 0.1) is 5.92 Å². The number of hydrogen-bond acceptors (Lipinski definition) is 2. The van der Waals surface area contributed by atoms with E-state index in [0.29, 0.717) is 12.8 Å². The summed E-state index contributed by atoms with van der Waals surface area (Å²) in [4.78, 5) is 21.9. The van der Waals surface area contributed by atoms with Gasteiger partial charge in [-0.15, -0.1) is 0 Å². The van der Waals surface area contributed by atoms with Gasteiger partial charge in [0.25, 0.3) is 0 Å². The van der Waals surface area contributed by atoms with Crippen molar-refractivity contribution in [1.29, 1.82) is 0 Å². The average Bonchev–Trinajstić information content (AvgIpc) is 2.27. The molecule has 4 nitrogen and oxygen atoms in total. The van der Waals surface area contributed by atoms with Crippen molar-refractivity contribution in [3.63, 3.8) is 0 Å². The third-order valence-corrected chi connectivity index (χ3v) is 3.28. The first-order chi connectivity index (χ1) is 8.51. The molecule has 0 aromatic carbocycles. The molecule has 2 N–H and O–H groups in total. The summed E-state index contributed by atoms with van der Waals surface area (Å²) in [6, 6.07) is 0. The Balaban J connectivity index is 4.33. The van der Waals surface area contributed by atoms with E-state index in [1.54, 1.807) is 0 Å². The fraction of sp³-hybridized carbons (Fsp3) is 0.857. The van der Waals surface area contributed by atoms with Crippen LogP contribution in [0, 0.1) is 11.8 Å². The van der Waals surface area contributed by atoms with Gasteiger partial charge in [-0.1, -0.05) is 39.5 Å². The molecule has 0 bridgehead atoms. The van der Waals surface area contributed by atoms with Crippen LogP contribution in [0.15, 0.2) is 0 Å². The van der Waals surface area contributed by atoms with E-state index in [1.165, 1.54) is 0 Å². The lowest BCUT2D eigenvalue weighted by atomic mass is 9.86. The molecule has 0 fully saturated rings. The second-order valence-corrected chi connectivity index (χ2v) is 5.02. The van der Waals surface area contributed by atoms with Crippen molar-refractivity contribution < 1.29 is 19.8 Å². The summed E-state index contributed by atoms with van der Waals surface area (Å²) in [6.45, 7) is 4.06. The number of aliphatic carboxylic acids is 2. The van der Waals surface area contributed by atoms with Crippen LogP contribution in [-0.4, -0.2) is 22.2 Å². The first-order valence-electron chi connectivity index (χ1n) is 6.95. The number of unbranched alkanes of at least 4 members (excludes halogenated alkanes) is 2. The van der Waals surface area contributed by atoms with Gasteiger partial charge < -0.3 is 10.2 Å². The van der Waals surface area contributed by atoms with Crippen LogP contribution in [0.2, 0.25) is 0 Å².